The number of allylic oxidation sites excluding steroid dienone is 8. The van der Waals surface area contributed by atoms with Gasteiger partial charge in [-0.2, -0.15) is 0 Å². The van der Waals surface area contributed by atoms with Crippen LogP contribution >= 0.6 is 0 Å². The Bertz CT molecular complexity index is 489. The van der Waals surface area contributed by atoms with Crippen LogP contribution in [-0.4, -0.2) is 37.2 Å². The highest BCUT2D eigenvalue weighted by atomic mass is 16.7. The van der Waals surface area contributed by atoms with E-state index in [1.165, 1.54) is 25.7 Å². The van der Waals surface area contributed by atoms with Gasteiger partial charge in [0.2, 0.25) is 0 Å². The lowest BCUT2D eigenvalue weighted by Crippen LogP contribution is -2.44. The summed E-state index contributed by atoms with van der Waals surface area (Å²) in [6.07, 6.45) is 28.1. The molecule has 0 aromatic rings. The third-order valence-electron chi connectivity index (χ3n) is 4.52. The molecule has 0 spiro atoms. The molecular formula is C24H40N2O2. The predicted octanol–water partition coefficient (Wildman–Crippen LogP) is 5.50. The lowest BCUT2D eigenvalue weighted by atomic mass is 10.2. The number of piperazine rings is 1. The van der Waals surface area contributed by atoms with E-state index < -0.39 is 0 Å². The summed E-state index contributed by atoms with van der Waals surface area (Å²) in [6.45, 7) is 5.57. The predicted molar refractivity (Wildman–Crippen MR) is 119 cm³/mol. The lowest BCUT2D eigenvalue weighted by Gasteiger charge is -2.25. The molecule has 4 heteroatoms. The van der Waals surface area contributed by atoms with Gasteiger partial charge in [-0.1, -0.05) is 68.4 Å². The van der Waals surface area contributed by atoms with Gasteiger partial charge in [0.25, 0.3) is 0 Å². The van der Waals surface area contributed by atoms with E-state index in [1.807, 2.05) is 0 Å². The Morgan fingerprint density at radius 3 is 1.93 bits per heavy atom. The fourth-order valence-corrected chi connectivity index (χ4v) is 2.85. The van der Waals surface area contributed by atoms with E-state index in [1.54, 1.807) is 5.06 Å². The summed E-state index contributed by atoms with van der Waals surface area (Å²) in [5.74, 6) is -0.113. The fourth-order valence-electron chi connectivity index (χ4n) is 2.85. The maximum atomic E-state index is 11.7. The average molecular weight is 389 g/mol. The van der Waals surface area contributed by atoms with E-state index >= 15 is 0 Å². The van der Waals surface area contributed by atoms with Crippen molar-refractivity contribution in [3.8, 4) is 0 Å². The van der Waals surface area contributed by atoms with E-state index in [-0.39, 0.29) is 5.97 Å². The number of hydrogen-bond donors (Lipinski definition) is 1. The van der Waals surface area contributed by atoms with Crippen LogP contribution in [0.1, 0.15) is 71.1 Å². The minimum Gasteiger partial charge on any atom is -0.368 e. The van der Waals surface area contributed by atoms with Gasteiger partial charge in [-0.05, 0) is 44.9 Å². The highest BCUT2D eigenvalue weighted by Crippen LogP contribution is 2.03. The minimum atomic E-state index is -0.113. The molecule has 158 valence electrons. The molecule has 1 N–H and O–H groups in total. The molecule has 1 heterocycles. The van der Waals surface area contributed by atoms with E-state index in [4.69, 9.17) is 4.84 Å². The molecule has 1 fully saturated rings. The van der Waals surface area contributed by atoms with Gasteiger partial charge in [-0.3, -0.25) is 4.79 Å². The molecule has 1 aliphatic rings. The van der Waals surface area contributed by atoms with Gasteiger partial charge in [0.15, 0.2) is 0 Å². The van der Waals surface area contributed by atoms with Crippen molar-refractivity contribution in [1.82, 2.24) is 10.4 Å². The molecule has 0 saturated carbocycles. The fraction of sp³-hybridized carbons (Fsp3) is 0.625. The van der Waals surface area contributed by atoms with Crippen LogP contribution in [0.5, 0.6) is 0 Å². The van der Waals surface area contributed by atoms with Gasteiger partial charge in [0, 0.05) is 32.6 Å². The Kier molecular flexibility index (Phi) is 16.3. The quantitative estimate of drug-likeness (QED) is 0.297. The normalized spacial score (nSPS) is 16.2. The number of hydrogen-bond acceptors (Lipinski definition) is 4. The highest BCUT2D eigenvalue weighted by Gasteiger charge is 2.13. The Labute approximate surface area is 172 Å². The SMILES string of the molecule is CCCCCC=CCC=CCC=CCC=CCCCC(=O)ON1CCNCC1. The molecule has 0 aromatic carbocycles. The first-order chi connectivity index (χ1) is 13.8. The van der Waals surface area contributed by atoms with Gasteiger partial charge in [-0.25, -0.2) is 0 Å². The molecule has 1 saturated heterocycles. The summed E-state index contributed by atoms with van der Waals surface area (Å²) in [5.41, 5.74) is 0. The van der Waals surface area contributed by atoms with Crippen LogP contribution in [0, 0.1) is 0 Å². The molecule has 0 aliphatic carbocycles. The molecule has 0 radical (unpaired) electrons. The molecule has 28 heavy (non-hydrogen) atoms. The standard InChI is InChI=1S/C24H40N2O2/c1-2-3-4-5-6-7-8-9-10-11-12-13-14-15-16-17-18-19-24(27)28-26-22-20-25-21-23-26/h6-7,9-10,12-13,15-16,25H,2-5,8,11,14,17-23H2,1H3. The van der Waals surface area contributed by atoms with Gasteiger partial charge >= 0.3 is 5.97 Å². The Morgan fingerprint density at radius 1 is 0.821 bits per heavy atom. The smallest absolute Gasteiger partial charge is 0.325 e. The number of unbranched alkanes of at least 4 members (excludes halogenated alkanes) is 4. The number of rotatable bonds is 15. The number of nitrogens with zero attached hydrogens (tertiary/aromatic N) is 1. The summed E-state index contributed by atoms with van der Waals surface area (Å²) < 4.78 is 0. The molecular weight excluding hydrogens is 348 g/mol. The van der Waals surface area contributed by atoms with Gasteiger partial charge in [0.05, 0.1) is 0 Å². The van der Waals surface area contributed by atoms with Crippen molar-refractivity contribution in [3.63, 3.8) is 0 Å². The third-order valence-corrected chi connectivity index (χ3v) is 4.52. The molecule has 1 rings (SSSR count). The van der Waals surface area contributed by atoms with Gasteiger partial charge in [0.1, 0.15) is 0 Å². The molecule has 0 unspecified atom stereocenters. The Morgan fingerprint density at radius 2 is 1.36 bits per heavy atom. The first-order valence-electron chi connectivity index (χ1n) is 11.1. The number of carbonyl (C=O) groups is 1. The van der Waals surface area contributed by atoms with Crippen molar-refractivity contribution < 1.29 is 9.63 Å². The third kappa shape index (κ3) is 15.4. The average Bonchev–Trinajstić information content (AvgIpc) is 2.71. The van der Waals surface area contributed by atoms with Crippen molar-refractivity contribution in [3.05, 3.63) is 48.6 Å². The summed E-state index contributed by atoms with van der Waals surface area (Å²) in [6, 6.07) is 0. The second-order valence-corrected chi connectivity index (χ2v) is 7.12. The topological polar surface area (TPSA) is 41.6 Å². The largest absolute Gasteiger partial charge is 0.368 e. The van der Waals surface area contributed by atoms with Crippen LogP contribution in [0.4, 0.5) is 0 Å². The second-order valence-electron chi connectivity index (χ2n) is 7.12. The van der Waals surface area contributed by atoms with E-state index in [0.29, 0.717) is 6.42 Å². The van der Waals surface area contributed by atoms with Crippen LogP contribution in [0.15, 0.2) is 48.6 Å². The number of hydroxylamine groups is 2. The molecule has 4 nitrogen and oxygen atoms in total. The molecule has 1 aliphatic heterocycles. The van der Waals surface area contributed by atoms with E-state index in [2.05, 4.69) is 60.8 Å². The van der Waals surface area contributed by atoms with Crippen molar-refractivity contribution >= 4 is 5.97 Å². The van der Waals surface area contributed by atoms with Crippen LogP contribution in [0.25, 0.3) is 0 Å². The van der Waals surface area contributed by atoms with Gasteiger partial charge < -0.3 is 10.2 Å². The Hall–Kier alpha value is -1.65. The van der Waals surface area contributed by atoms with E-state index in [0.717, 1.165) is 58.3 Å². The first-order valence-corrected chi connectivity index (χ1v) is 11.1. The zero-order valence-electron chi connectivity index (χ0n) is 17.8. The van der Waals surface area contributed by atoms with Crippen molar-refractivity contribution in [2.24, 2.45) is 0 Å². The van der Waals surface area contributed by atoms with Crippen LogP contribution < -0.4 is 5.32 Å². The Balaban J connectivity index is 1.91. The summed E-state index contributed by atoms with van der Waals surface area (Å²) in [5, 5.41) is 5.00. The highest BCUT2D eigenvalue weighted by molar-refractivity contribution is 5.68. The van der Waals surface area contributed by atoms with Crippen LogP contribution in [0.2, 0.25) is 0 Å². The molecule has 0 amide bonds. The summed E-state index contributed by atoms with van der Waals surface area (Å²) >= 11 is 0. The van der Waals surface area contributed by atoms with Gasteiger partial charge in [-0.15, -0.1) is 5.06 Å². The lowest BCUT2D eigenvalue weighted by molar-refractivity contribution is -0.192. The number of carbonyl (C=O) groups excluding carboxylic acids is 1. The summed E-state index contributed by atoms with van der Waals surface area (Å²) in [4.78, 5) is 17.1. The van der Waals surface area contributed by atoms with Crippen LogP contribution in [-0.2, 0) is 9.63 Å². The molecule has 0 atom stereocenters. The van der Waals surface area contributed by atoms with E-state index in [9.17, 15) is 4.79 Å². The van der Waals surface area contributed by atoms with Crippen molar-refractivity contribution in [2.45, 2.75) is 71.1 Å². The molecule has 0 bridgehead atoms. The number of nitrogens with one attached hydrogen (secondary N) is 1. The zero-order chi connectivity index (χ0) is 20.1. The molecule has 0 aromatic heterocycles. The summed E-state index contributed by atoms with van der Waals surface area (Å²) in [7, 11) is 0. The second kappa shape index (κ2) is 18.7. The maximum Gasteiger partial charge on any atom is 0.325 e. The van der Waals surface area contributed by atoms with Crippen LogP contribution in [0.3, 0.4) is 0 Å². The van der Waals surface area contributed by atoms with Crippen molar-refractivity contribution in [1.29, 1.82) is 0 Å². The maximum absolute atomic E-state index is 11.7. The minimum absolute atomic E-state index is 0.113. The van der Waals surface area contributed by atoms with Crippen molar-refractivity contribution in [2.75, 3.05) is 26.2 Å². The first kappa shape index (κ1) is 24.4. The zero-order valence-corrected chi connectivity index (χ0v) is 17.8. The monoisotopic (exact) mass is 388 g/mol.